The quantitative estimate of drug-likeness (QED) is 0.217. The van der Waals surface area contributed by atoms with Crippen LogP contribution in [0.25, 0.3) is 0 Å². The molecular formula is C32H30N4O4. The van der Waals surface area contributed by atoms with Gasteiger partial charge in [0.1, 0.15) is 12.1 Å². The van der Waals surface area contributed by atoms with Crippen LogP contribution < -0.4 is 10.6 Å². The number of benzene rings is 4. The molecule has 0 fully saturated rings. The Labute approximate surface area is 232 Å². The van der Waals surface area contributed by atoms with Crippen LogP contribution in [0.4, 0.5) is 11.4 Å². The average Bonchev–Trinajstić information content (AvgIpc) is 2.97. The van der Waals surface area contributed by atoms with E-state index in [0.29, 0.717) is 5.69 Å². The third-order valence-corrected chi connectivity index (χ3v) is 6.17. The number of nitrogens with one attached hydrogen (secondary N) is 2. The lowest BCUT2D eigenvalue weighted by Gasteiger charge is -2.22. The van der Waals surface area contributed by atoms with Crippen LogP contribution in [-0.4, -0.2) is 35.0 Å². The molecule has 8 heteroatoms. The molecule has 4 rings (SSSR count). The van der Waals surface area contributed by atoms with Gasteiger partial charge < -0.3 is 15.7 Å². The second kappa shape index (κ2) is 14.2. The van der Waals surface area contributed by atoms with Crippen LogP contribution in [0.5, 0.6) is 0 Å². The summed E-state index contributed by atoms with van der Waals surface area (Å²) in [6, 6.07) is 32.7. The summed E-state index contributed by atoms with van der Waals surface area (Å²) in [4.78, 5) is 38.2. The third-order valence-electron chi connectivity index (χ3n) is 6.17. The second-order valence-corrected chi connectivity index (χ2v) is 9.28. The number of amides is 2. The molecule has 40 heavy (non-hydrogen) atoms. The van der Waals surface area contributed by atoms with Crippen molar-refractivity contribution in [2.75, 3.05) is 0 Å². The summed E-state index contributed by atoms with van der Waals surface area (Å²) in [5.41, 5.74) is 3.74. The number of hydrogen-bond donors (Lipinski definition) is 3. The number of azo groups is 1. The summed E-state index contributed by atoms with van der Waals surface area (Å²) in [5.74, 6) is -2.06. The van der Waals surface area contributed by atoms with E-state index in [4.69, 9.17) is 0 Å². The first kappa shape index (κ1) is 27.9. The van der Waals surface area contributed by atoms with Crippen LogP contribution in [-0.2, 0) is 33.6 Å². The Morgan fingerprint density at radius 2 is 1.05 bits per heavy atom. The molecule has 0 unspecified atom stereocenters. The molecule has 4 aromatic rings. The van der Waals surface area contributed by atoms with Crippen molar-refractivity contribution in [3.05, 3.63) is 132 Å². The van der Waals surface area contributed by atoms with E-state index in [1.54, 1.807) is 36.4 Å². The molecule has 2 amide bonds. The van der Waals surface area contributed by atoms with E-state index in [1.807, 2.05) is 78.9 Å². The van der Waals surface area contributed by atoms with E-state index in [9.17, 15) is 19.5 Å². The molecular weight excluding hydrogens is 504 g/mol. The first-order valence-corrected chi connectivity index (χ1v) is 12.9. The predicted octanol–water partition coefficient (Wildman–Crippen LogP) is 5.18. The van der Waals surface area contributed by atoms with Gasteiger partial charge in [-0.25, -0.2) is 4.79 Å². The topological polar surface area (TPSA) is 120 Å². The van der Waals surface area contributed by atoms with Crippen molar-refractivity contribution < 1.29 is 19.5 Å². The molecule has 2 atom stereocenters. The normalized spacial score (nSPS) is 12.4. The molecule has 0 radical (unpaired) electrons. The summed E-state index contributed by atoms with van der Waals surface area (Å²) in [6.07, 6.45) is 0.387. The van der Waals surface area contributed by atoms with Crippen LogP contribution in [0, 0.1) is 0 Å². The van der Waals surface area contributed by atoms with E-state index in [2.05, 4.69) is 20.9 Å². The molecule has 0 heterocycles. The summed E-state index contributed by atoms with van der Waals surface area (Å²) in [7, 11) is 0. The number of aliphatic carboxylic acids is 1. The zero-order valence-electron chi connectivity index (χ0n) is 21.8. The molecule has 0 bridgehead atoms. The standard InChI is InChI=1S/C32H30N4O4/c37-30(22-25-16-18-27(19-17-25)36-35-26-14-8-3-9-15-26)33-28(20-23-10-4-1-5-11-23)31(38)34-29(32(39)40)21-24-12-6-2-7-13-24/h1-19,28-29H,20-22H2,(H,33,37)(H,34,38)(H,39,40)/t28-,29-/m0/s1. The minimum atomic E-state index is -1.15. The van der Waals surface area contributed by atoms with Gasteiger partial charge in [-0.2, -0.15) is 10.2 Å². The zero-order valence-corrected chi connectivity index (χ0v) is 21.8. The van der Waals surface area contributed by atoms with Gasteiger partial charge >= 0.3 is 5.97 Å². The van der Waals surface area contributed by atoms with E-state index >= 15 is 0 Å². The lowest BCUT2D eigenvalue weighted by molar-refractivity contribution is -0.142. The van der Waals surface area contributed by atoms with Crippen LogP contribution in [0.15, 0.2) is 125 Å². The van der Waals surface area contributed by atoms with Crippen molar-refractivity contribution in [1.29, 1.82) is 0 Å². The number of nitrogens with zero attached hydrogens (tertiary/aromatic N) is 2. The van der Waals surface area contributed by atoms with Gasteiger partial charge in [-0.3, -0.25) is 9.59 Å². The molecule has 0 aliphatic heterocycles. The van der Waals surface area contributed by atoms with E-state index in [1.165, 1.54) is 0 Å². The largest absolute Gasteiger partial charge is 0.480 e. The number of carbonyl (C=O) groups excluding carboxylic acids is 2. The van der Waals surface area contributed by atoms with Crippen molar-refractivity contribution in [2.45, 2.75) is 31.3 Å². The van der Waals surface area contributed by atoms with Crippen molar-refractivity contribution in [3.63, 3.8) is 0 Å². The first-order chi connectivity index (χ1) is 19.5. The molecule has 0 saturated heterocycles. The fourth-order valence-electron chi connectivity index (χ4n) is 4.10. The summed E-state index contributed by atoms with van der Waals surface area (Å²) in [5, 5.41) is 23.5. The van der Waals surface area contributed by atoms with Crippen LogP contribution in [0.2, 0.25) is 0 Å². The fraction of sp³-hybridized carbons (Fsp3) is 0.156. The Hall–Kier alpha value is -5.11. The highest BCUT2D eigenvalue weighted by molar-refractivity contribution is 5.91. The summed E-state index contributed by atoms with van der Waals surface area (Å²) < 4.78 is 0. The Bertz CT molecular complexity index is 1430. The van der Waals surface area contributed by atoms with Gasteiger partial charge in [0.2, 0.25) is 11.8 Å². The number of hydrogen-bond acceptors (Lipinski definition) is 5. The van der Waals surface area contributed by atoms with Gasteiger partial charge in [0.15, 0.2) is 0 Å². The molecule has 0 aliphatic carbocycles. The van der Waals surface area contributed by atoms with Gasteiger partial charge in [0, 0.05) is 12.8 Å². The molecule has 8 nitrogen and oxygen atoms in total. The van der Waals surface area contributed by atoms with E-state index in [-0.39, 0.29) is 25.2 Å². The average molecular weight is 535 g/mol. The molecule has 4 aromatic carbocycles. The maximum atomic E-state index is 13.3. The summed E-state index contributed by atoms with van der Waals surface area (Å²) >= 11 is 0. The van der Waals surface area contributed by atoms with Gasteiger partial charge in [0.05, 0.1) is 17.8 Å². The van der Waals surface area contributed by atoms with Crippen LogP contribution in [0.3, 0.4) is 0 Å². The van der Waals surface area contributed by atoms with Gasteiger partial charge in [0.25, 0.3) is 0 Å². The number of rotatable bonds is 12. The Morgan fingerprint density at radius 1 is 0.575 bits per heavy atom. The zero-order chi connectivity index (χ0) is 28.2. The van der Waals surface area contributed by atoms with Crippen molar-refractivity contribution in [1.82, 2.24) is 10.6 Å². The van der Waals surface area contributed by atoms with Crippen molar-refractivity contribution in [2.24, 2.45) is 10.2 Å². The maximum absolute atomic E-state index is 13.3. The first-order valence-electron chi connectivity index (χ1n) is 12.9. The third kappa shape index (κ3) is 8.73. The van der Waals surface area contributed by atoms with Gasteiger partial charge in [-0.05, 0) is 41.0 Å². The molecule has 3 N–H and O–H groups in total. The molecule has 0 spiro atoms. The Morgan fingerprint density at radius 3 is 1.57 bits per heavy atom. The fourth-order valence-corrected chi connectivity index (χ4v) is 4.10. The predicted molar refractivity (Wildman–Crippen MR) is 153 cm³/mol. The SMILES string of the molecule is O=C(Cc1ccc(N=Nc2ccccc2)cc1)N[C@@H](Cc1ccccc1)C(=O)N[C@@H](Cc1ccccc1)C(=O)O. The highest BCUT2D eigenvalue weighted by atomic mass is 16.4. The van der Waals surface area contributed by atoms with Crippen LogP contribution in [0.1, 0.15) is 16.7 Å². The Kier molecular flexibility index (Phi) is 9.88. The molecule has 0 aliphatic rings. The lowest BCUT2D eigenvalue weighted by Crippen LogP contribution is -2.53. The molecule has 202 valence electrons. The Balaban J connectivity index is 1.41. The minimum absolute atomic E-state index is 0.0427. The van der Waals surface area contributed by atoms with Crippen LogP contribution >= 0.6 is 0 Å². The number of carboxylic acids is 1. The highest BCUT2D eigenvalue weighted by Crippen LogP contribution is 2.18. The van der Waals surface area contributed by atoms with Gasteiger partial charge in [-0.15, -0.1) is 0 Å². The second-order valence-electron chi connectivity index (χ2n) is 9.28. The summed E-state index contributed by atoms with van der Waals surface area (Å²) in [6.45, 7) is 0. The monoisotopic (exact) mass is 534 g/mol. The van der Waals surface area contributed by atoms with E-state index in [0.717, 1.165) is 22.4 Å². The molecule has 0 aromatic heterocycles. The maximum Gasteiger partial charge on any atom is 0.326 e. The lowest BCUT2D eigenvalue weighted by atomic mass is 10.0. The van der Waals surface area contributed by atoms with Gasteiger partial charge in [-0.1, -0.05) is 91.0 Å². The number of carboxylic acid groups (broad SMARTS) is 1. The smallest absolute Gasteiger partial charge is 0.326 e. The van der Waals surface area contributed by atoms with Crippen molar-refractivity contribution in [3.8, 4) is 0 Å². The molecule has 0 saturated carbocycles. The minimum Gasteiger partial charge on any atom is -0.480 e. The highest BCUT2D eigenvalue weighted by Gasteiger charge is 2.27. The number of carbonyl (C=O) groups is 3. The van der Waals surface area contributed by atoms with E-state index < -0.39 is 24.0 Å². The van der Waals surface area contributed by atoms with Crippen molar-refractivity contribution >= 4 is 29.2 Å².